The monoisotopic (exact) mass is 389 g/mol. The summed E-state index contributed by atoms with van der Waals surface area (Å²) in [6.45, 7) is 5.83. The van der Waals surface area contributed by atoms with Gasteiger partial charge in [0.25, 0.3) is 0 Å². The molecule has 2 heterocycles. The lowest BCUT2D eigenvalue weighted by molar-refractivity contribution is 0.228. The normalized spacial score (nSPS) is 18.1. The molecule has 1 aliphatic heterocycles. The zero-order valence-electron chi connectivity index (χ0n) is 15.6. The number of pyridine rings is 1. The third-order valence-electron chi connectivity index (χ3n) is 4.87. The summed E-state index contributed by atoms with van der Waals surface area (Å²) in [6.07, 6.45) is 8.62. The van der Waals surface area contributed by atoms with E-state index in [4.69, 9.17) is 11.6 Å². The van der Waals surface area contributed by atoms with E-state index >= 15 is 4.39 Å². The molecule has 0 saturated carbocycles. The first-order valence-electron chi connectivity index (χ1n) is 9.12. The summed E-state index contributed by atoms with van der Waals surface area (Å²) in [5.74, 6) is -1.60. The Morgan fingerprint density at radius 2 is 2.04 bits per heavy atom. The maximum atomic E-state index is 15.2. The summed E-state index contributed by atoms with van der Waals surface area (Å²) in [6, 6.07) is 4.32. The van der Waals surface area contributed by atoms with Crippen molar-refractivity contribution >= 4 is 27.7 Å². The van der Waals surface area contributed by atoms with Crippen LogP contribution in [0.5, 0.6) is 0 Å². The fourth-order valence-corrected chi connectivity index (χ4v) is 3.72. The van der Waals surface area contributed by atoms with Crippen molar-refractivity contribution in [2.75, 3.05) is 0 Å². The van der Waals surface area contributed by atoms with Gasteiger partial charge in [0.05, 0.1) is 17.3 Å². The molecule has 1 aliphatic rings. The van der Waals surface area contributed by atoms with Gasteiger partial charge in [0.2, 0.25) is 0 Å². The highest BCUT2D eigenvalue weighted by molar-refractivity contribution is 6.68. The van der Waals surface area contributed by atoms with Crippen LogP contribution in [0.25, 0.3) is 10.9 Å². The number of benzene rings is 1. The Labute approximate surface area is 163 Å². The molecule has 0 fully saturated rings. The predicted molar refractivity (Wildman–Crippen MR) is 107 cm³/mol. The van der Waals surface area contributed by atoms with Crippen molar-refractivity contribution in [1.82, 2.24) is 9.99 Å². The molecule has 0 aliphatic carbocycles. The number of nitrogens with zero attached hydrogens (tertiary/aromatic N) is 3. The van der Waals surface area contributed by atoms with Gasteiger partial charge in [-0.05, 0) is 37.1 Å². The summed E-state index contributed by atoms with van der Waals surface area (Å²) in [5.41, 5.74) is 1.24. The minimum atomic E-state index is -0.590. The van der Waals surface area contributed by atoms with E-state index in [9.17, 15) is 4.39 Å². The third-order valence-corrected chi connectivity index (χ3v) is 5.07. The highest BCUT2D eigenvalue weighted by Gasteiger charge is 2.31. The average molecular weight is 390 g/mol. The van der Waals surface area contributed by atoms with E-state index in [0.29, 0.717) is 22.5 Å². The second-order valence-corrected chi connectivity index (χ2v) is 6.95. The lowest BCUT2D eigenvalue weighted by Gasteiger charge is -2.35. The molecule has 3 nitrogen and oxygen atoms in total. The number of halogens is 3. The number of hydrazone groups is 1. The summed E-state index contributed by atoms with van der Waals surface area (Å²) in [7, 11) is 0. The van der Waals surface area contributed by atoms with Gasteiger partial charge < -0.3 is 0 Å². The Morgan fingerprint density at radius 3 is 2.74 bits per heavy atom. The number of allylic oxidation sites excluding steroid dienone is 3. The Morgan fingerprint density at radius 1 is 1.26 bits per heavy atom. The zero-order valence-corrected chi connectivity index (χ0v) is 16.3. The summed E-state index contributed by atoms with van der Waals surface area (Å²) in [4.78, 5) is 4.06. The van der Waals surface area contributed by atoms with Crippen molar-refractivity contribution in [2.24, 2.45) is 5.10 Å². The molecule has 1 aromatic heterocycles. The van der Waals surface area contributed by atoms with Crippen LogP contribution in [0.15, 0.2) is 53.4 Å². The molecule has 0 saturated heterocycles. The number of hydrogen-bond acceptors (Lipinski definition) is 3. The summed E-state index contributed by atoms with van der Waals surface area (Å²) >= 11 is 6.11. The van der Waals surface area contributed by atoms with E-state index < -0.39 is 17.6 Å². The third kappa shape index (κ3) is 3.74. The minimum absolute atomic E-state index is 0.0547. The largest absolute Gasteiger partial charge is 0.261 e. The van der Waals surface area contributed by atoms with Crippen LogP contribution in [-0.4, -0.2) is 21.2 Å². The molecule has 6 heteroatoms. The molecule has 0 radical (unpaired) electrons. The molecular weight excluding hydrogens is 368 g/mol. The van der Waals surface area contributed by atoms with E-state index in [-0.39, 0.29) is 11.6 Å². The van der Waals surface area contributed by atoms with E-state index in [1.807, 2.05) is 32.9 Å². The lowest BCUT2D eigenvalue weighted by Crippen LogP contribution is -2.36. The summed E-state index contributed by atoms with van der Waals surface area (Å²) < 4.78 is 30.0. The summed E-state index contributed by atoms with van der Waals surface area (Å²) in [5, 5.41) is 6.87. The first-order chi connectivity index (χ1) is 13.0. The topological polar surface area (TPSA) is 28.5 Å². The first-order valence-corrected chi connectivity index (χ1v) is 9.49. The molecule has 2 atom stereocenters. The van der Waals surface area contributed by atoms with Gasteiger partial charge in [-0.3, -0.25) is 9.99 Å². The highest BCUT2D eigenvalue weighted by atomic mass is 35.5. The Kier molecular flexibility index (Phi) is 5.90. The maximum absolute atomic E-state index is 15.2. The molecule has 3 rings (SSSR count). The van der Waals surface area contributed by atoms with E-state index in [2.05, 4.69) is 10.1 Å². The van der Waals surface area contributed by atoms with E-state index in [0.717, 1.165) is 12.1 Å². The molecule has 0 bridgehead atoms. The van der Waals surface area contributed by atoms with Crippen LogP contribution in [0, 0.1) is 11.6 Å². The maximum Gasteiger partial charge on any atom is 0.149 e. The van der Waals surface area contributed by atoms with Gasteiger partial charge in [0.1, 0.15) is 16.8 Å². The van der Waals surface area contributed by atoms with Crippen LogP contribution in [0.3, 0.4) is 0 Å². The fraction of sp³-hybridized carbons (Fsp3) is 0.333. The first kappa shape index (κ1) is 19.5. The van der Waals surface area contributed by atoms with Gasteiger partial charge in [-0.25, -0.2) is 8.78 Å². The molecule has 2 unspecified atom stereocenters. The number of aromatic nitrogens is 1. The van der Waals surface area contributed by atoms with Gasteiger partial charge in [-0.15, -0.1) is 0 Å². The van der Waals surface area contributed by atoms with Gasteiger partial charge in [-0.2, -0.15) is 5.10 Å². The molecule has 0 amide bonds. The van der Waals surface area contributed by atoms with Crippen molar-refractivity contribution < 1.29 is 8.78 Å². The second-order valence-electron chi connectivity index (χ2n) is 6.56. The van der Waals surface area contributed by atoms with Crippen molar-refractivity contribution in [1.29, 1.82) is 0 Å². The molecule has 1 aromatic carbocycles. The fourth-order valence-electron chi connectivity index (χ4n) is 3.57. The Hall–Kier alpha value is -2.27. The van der Waals surface area contributed by atoms with Crippen molar-refractivity contribution in [3.8, 4) is 0 Å². The number of fused-ring (bicyclic) bond motifs is 1. The molecular formula is C21H22ClF2N3. The van der Waals surface area contributed by atoms with Gasteiger partial charge >= 0.3 is 0 Å². The van der Waals surface area contributed by atoms with Crippen LogP contribution in [0.2, 0.25) is 0 Å². The van der Waals surface area contributed by atoms with Crippen LogP contribution < -0.4 is 0 Å². The Bertz CT molecular complexity index is 936. The molecule has 27 heavy (non-hydrogen) atoms. The van der Waals surface area contributed by atoms with Crippen LogP contribution in [0.4, 0.5) is 8.78 Å². The SMILES string of the molecule is CC/C=C1/C=CC(Cl)=NN1C(CC)C(C)c1c(F)cc2ncccc2c1F. The number of rotatable bonds is 5. The molecule has 0 spiro atoms. The van der Waals surface area contributed by atoms with Crippen molar-refractivity contribution in [3.05, 3.63) is 65.5 Å². The molecule has 0 N–H and O–H groups in total. The number of hydrogen-bond donors (Lipinski definition) is 0. The van der Waals surface area contributed by atoms with Gasteiger partial charge in [-0.1, -0.05) is 38.4 Å². The minimum Gasteiger partial charge on any atom is -0.261 e. The van der Waals surface area contributed by atoms with Crippen LogP contribution >= 0.6 is 11.6 Å². The predicted octanol–water partition coefficient (Wildman–Crippen LogP) is 6.11. The zero-order chi connectivity index (χ0) is 19.6. The van der Waals surface area contributed by atoms with E-state index in [1.54, 1.807) is 23.2 Å². The van der Waals surface area contributed by atoms with Gasteiger partial charge in [0, 0.05) is 29.1 Å². The van der Waals surface area contributed by atoms with E-state index in [1.165, 1.54) is 12.3 Å². The van der Waals surface area contributed by atoms with Crippen molar-refractivity contribution in [3.63, 3.8) is 0 Å². The smallest absolute Gasteiger partial charge is 0.149 e. The second kappa shape index (κ2) is 8.17. The Balaban J connectivity index is 2.08. The van der Waals surface area contributed by atoms with Gasteiger partial charge in [0.15, 0.2) is 0 Å². The van der Waals surface area contributed by atoms with Crippen molar-refractivity contribution in [2.45, 2.75) is 45.6 Å². The average Bonchev–Trinajstić information content (AvgIpc) is 2.64. The molecule has 142 valence electrons. The highest BCUT2D eigenvalue weighted by Crippen LogP contribution is 2.35. The van der Waals surface area contributed by atoms with Crippen LogP contribution in [-0.2, 0) is 0 Å². The standard InChI is InChI=1S/C21H22ClF2N3/c1-4-7-14-9-10-19(22)26-27(14)18(5-2)13(3)20-16(23)12-17-15(21(20)24)8-6-11-25-17/h6-13,18H,4-5H2,1-3H3/b14-7-. The quantitative estimate of drug-likeness (QED) is 0.616. The molecule has 2 aromatic rings. The lowest BCUT2D eigenvalue weighted by atomic mass is 9.88. The van der Waals surface area contributed by atoms with Crippen LogP contribution in [0.1, 0.15) is 45.1 Å².